The molecule has 0 bridgehead atoms. The number of hydrogen-bond donors (Lipinski definition) is 2. The van der Waals surface area contributed by atoms with E-state index in [-0.39, 0.29) is 130 Å². The molecule has 0 saturated carbocycles. The summed E-state index contributed by atoms with van der Waals surface area (Å²) in [4.78, 5) is 117. The molecular weight excluding hydrogens is 1620 g/mol. The van der Waals surface area contributed by atoms with Gasteiger partial charge in [0.2, 0.25) is 17.5 Å². The number of aromatic carboxylic acids is 2. The van der Waals surface area contributed by atoms with Crippen LogP contribution in [0.25, 0.3) is 0 Å². The highest BCUT2D eigenvalue weighted by Crippen LogP contribution is 2.35. The number of Topliss-reactive ketones (excluding diaryl/α,β-unsaturated/α-hetero) is 8. The summed E-state index contributed by atoms with van der Waals surface area (Å²) in [5.74, 6) is 0.483. The third kappa shape index (κ3) is 38.7. The molecule has 9 aromatic heterocycles. The van der Waals surface area contributed by atoms with Crippen molar-refractivity contribution in [1.82, 2.24) is 44.5 Å². The van der Waals surface area contributed by atoms with Crippen molar-refractivity contribution in [2.45, 2.75) is 332 Å². The molecular formula is C96H143N9O15S3. The van der Waals surface area contributed by atoms with E-state index in [9.17, 15) is 47.9 Å². The Morgan fingerprint density at radius 3 is 1.28 bits per heavy atom. The van der Waals surface area contributed by atoms with E-state index in [1.807, 2.05) is 143 Å². The minimum atomic E-state index is -1.05. The van der Waals surface area contributed by atoms with Gasteiger partial charge in [-0.2, -0.15) is 20.3 Å². The van der Waals surface area contributed by atoms with Crippen LogP contribution in [0.5, 0.6) is 0 Å². The van der Waals surface area contributed by atoms with E-state index in [0.29, 0.717) is 29.3 Å². The molecule has 1 fully saturated rings. The van der Waals surface area contributed by atoms with Crippen LogP contribution in [0.2, 0.25) is 0 Å². The highest BCUT2D eigenvalue weighted by molar-refractivity contribution is 7.14. The largest absolute Gasteiger partial charge is 0.478 e. The van der Waals surface area contributed by atoms with Gasteiger partial charge in [0.25, 0.3) is 0 Å². The summed E-state index contributed by atoms with van der Waals surface area (Å²) in [5, 5.41) is 40.6. The zero-order valence-electron chi connectivity index (χ0n) is 81.2. The fourth-order valence-corrected chi connectivity index (χ4v) is 13.2. The number of ether oxygens (including phenoxy) is 1. The van der Waals surface area contributed by atoms with Crippen LogP contribution in [0.1, 0.15) is 406 Å². The number of carbonyl (C=O) groups excluding carboxylic acids is 8. The fourth-order valence-electron chi connectivity index (χ4n) is 10.2. The van der Waals surface area contributed by atoms with Crippen LogP contribution in [0.4, 0.5) is 0 Å². The molecule has 123 heavy (non-hydrogen) atoms. The lowest BCUT2D eigenvalue weighted by atomic mass is 9.85. The Balaban J connectivity index is 0.000000683. The number of hydrogen-bond acceptors (Lipinski definition) is 22. The number of aromatic nitrogens is 9. The molecule has 0 aromatic carbocycles. The predicted octanol–water partition coefficient (Wildman–Crippen LogP) is 23.6. The van der Waals surface area contributed by atoms with Gasteiger partial charge in [0, 0.05) is 87.3 Å². The van der Waals surface area contributed by atoms with Gasteiger partial charge in [-0.05, 0) is 184 Å². The first-order valence-corrected chi connectivity index (χ1v) is 43.5. The molecule has 2 unspecified atom stereocenters. The summed E-state index contributed by atoms with van der Waals surface area (Å²) >= 11 is 4.80. The molecule has 24 nitrogen and oxygen atoms in total. The van der Waals surface area contributed by atoms with Gasteiger partial charge in [-0.3, -0.25) is 47.7 Å². The number of thiophene rings is 3. The molecule has 9 aromatic rings. The van der Waals surface area contributed by atoms with Crippen molar-refractivity contribution in [2.75, 3.05) is 6.61 Å². The van der Waals surface area contributed by atoms with Crippen LogP contribution < -0.4 is 0 Å². The van der Waals surface area contributed by atoms with Crippen LogP contribution in [-0.4, -0.2) is 126 Å². The van der Waals surface area contributed by atoms with Crippen molar-refractivity contribution in [3.05, 3.63) is 183 Å². The van der Waals surface area contributed by atoms with Gasteiger partial charge in [-0.15, -0.1) is 39.1 Å². The Kier molecular flexibility index (Phi) is 41.2. The lowest BCUT2D eigenvalue weighted by molar-refractivity contribution is -0.120. The number of rotatable bonds is 10. The van der Waals surface area contributed by atoms with Gasteiger partial charge in [-0.25, -0.2) is 9.59 Å². The zero-order chi connectivity index (χ0) is 96.0. The third-order valence-electron chi connectivity index (χ3n) is 18.3. The van der Waals surface area contributed by atoms with Crippen molar-refractivity contribution < 1.29 is 71.8 Å². The van der Waals surface area contributed by atoms with Crippen LogP contribution in [0.15, 0.2) is 99.2 Å². The second kappa shape index (κ2) is 45.5. The zero-order valence-corrected chi connectivity index (χ0v) is 83.6. The molecule has 0 amide bonds. The summed E-state index contributed by atoms with van der Waals surface area (Å²) in [6.45, 7) is 77.2. The lowest BCUT2D eigenvalue weighted by Crippen LogP contribution is -2.25. The van der Waals surface area contributed by atoms with Crippen molar-refractivity contribution in [3.8, 4) is 0 Å². The number of carboxylic acids is 2. The van der Waals surface area contributed by atoms with E-state index in [1.54, 1.807) is 105 Å². The van der Waals surface area contributed by atoms with E-state index >= 15 is 0 Å². The van der Waals surface area contributed by atoms with Crippen LogP contribution in [0, 0.1) is 18.3 Å². The van der Waals surface area contributed by atoms with E-state index in [0.717, 1.165) is 38.9 Å². The monoisotopic (exact) mass is 1760 g/mol. The lowest BCUT2D eigenvalue weighted by Gasteiger charge is -2.25. The Bertz CT molecular complexity index is 4480. The summed E-state index contributed by atoms with van der Waals surface area (Å²) in [6.07, 6.45) is 7.63. The second-order valence-corrected chi connectivity index (χ2v) is 43.6. The van der Waals surface area contributed by atoms with Crippen molar-refractivity contribution in [3.63, 3.8) is 0 Å². The van der Waals surface area contributed by atoms with Gasteiger partial charge in [-0.1, -0.05) is 171 Å². The standard InChI is InChI=1S/C11H17NO.C10H18O2.C10H14O2.3C10H14OS.C9H14N2O2.C9H12N2O2.C9H14N2O.C8H12N2O2/c1-8(13)9-6-7-10(12(9)5)11(2,3)4;2*1-7(11)8-5-9(12-6-8)10(2,3)4;1-7(11)9-5-8(6-12-9)10(2,3)4;1-7(11)8-5-9(12-6-8)10(2,3)4;1-7(11)8-5-6-9(12-8)10(2,3)4;1-6-7(8(12)13)5-11(10-6)9(2,3)4;1-9(2,3)7-5-4-6(8(12)13)10-11-7;1-7(12)8-5-10-11(6-8)9(2,3)4;1-5(11)6-9-7(12-10-6)8(2,3)4/h6-7H,1-5H3;8-9H,5-6H2,1-4H3;4*5-6H,1-4H3;5H,1-4H3,(H,12,13);4-5H,1-3H3,(H,12,13);5-6H,1-4H3;1-4H3. The van der Waals surface area contributed by atoms with Gasteiger partial charge in [0.15, 0.2) is 40.4 Å². The first kappa shape index (κ1) is 112. The van der Waals surface area contributed by atoms with Crippen LogP contribution in [-0.2, 0) is 65.6 Å². The maximum absolute atomic E-state index is 11.2. The molecule has 0 aliphatic carbocycles. The molecule has 680 valence electrons. The highest BCUT2D eigenvalue weighted by Gasteiger charge is 2.36. The van der Waals surface area contributed by atoms with Gasteiger partial charge in [0.05, 0.1) is 67.9 Å². The molecule has 2 atom stereocenters. The number of aryl methyl sites for hydroxylation is 1. The SMILES string of the molecule is CC(=O)C1COC(C(C)(C)C)C1.CC(=O)c1cc(C(C)(C)C)cs1.CC(=O)c1ccc(C(C)(C)C)n1C.CC(=O)c1ccc(C(C)(C)C)s1.CC(=O)c1cnn(C(C)(C)C)c1.CC(=O)c1coc(C(C)(C)C)c1.CC(=O)c1csc(C(C)(C)C)c1.CC(=O)c1noc(C(C)(C)C)n1.CC(C)(C)c1ccc(C(=O)O)nn1.Cc1nn(C(C)(C)C)cc1C(=O)O. The maximum Gasteiger partial charge on any atom is 0.356 e. The van der Waals surface area contributed by atoms with Crippen LogP contribution in [0.3, 0.4) is 0 Å². The molecule has 0 spiro atoms. The molecule has 1 aliphatic heterocycles. The average Bonchev–Trinajstić information content (AvgIpc) is 1.65. The van der Waals surface area contributed by atoms with Gasteiger partial charge in [0.1, 0.15) is 23.4 Å². The van der Waals surface area contributed by atoms with Crippen molar-refractivity contribution >= 4 is 92.2 Å². The summed E-state index contributed by atoms with van der Waals surface area (Å²) < 4.78 is 21.2. The molecule has 1 aliphatic rings. The third-order valence-corrected chi connectivity index (χ3v) is 22.3. The average molecular weight is 1760 g/mol. The summed E-state index contributed by atoms with van der Waals surface area (Å²) in [6, 6.07) is 16.8. The molecule has 27 heteroatoms. The number of furan rings is 1. The summed E-state index contributed by atoms with van der Waals surface area (Å²) in [7, 11) is 1.94. The minimum absolute atomic E-state index is 0.0201. The van der Waals surface area contributed by atoms with Gasteiger partial charge < -0.3 is 28.5 Å². The smallest absolute Gasteiger partial charge is 0.356 e. The van der Waals surface area contributed by atoms with Crippen molar-refractivity contribution in [2.24, 2.45) is 18.4 Å². The van der Waals surface area contributed by atoms with Crippen molar-refractivity contribution in [1.29, 1.82) is 0 Å². The Labute approximate surface area is 744 Å². The van der Waals surface area contributed by atoms with E-state index in [2.05, 4.69) is 161 Å². The first-order valence-electron chi connectivity index (χ1n) is 40.9. The molecule has 2 N–H and O–H groups in total. The topological polar surface area (TPSA) is 339 Å². The number of carboxylic acid groups (broad SMARTS) is 2. The quantitative estimate of drug-likeness (QED) is 0.120. The normalized spacial score (nSPS) is 13.5. The number of nitrogens with zero attached hydrogens (tertiary/aromatic N) is 9. The van der Waals surface area contributed by atoms with E-state index in [1.165, 1.54) is 58.5 Å². The second-order valence-electron chi connectivity index (χ2n) is 40.7. The minimum Gasteiger partial charge on any atom is -0.478 e. The molecule has 10 rings (SSSR count). The predicted molar refractivity (Wildman–Crippen MR) is 495 cm³/mol. The highest BCUT2D eigenvalue weighted by atomic mass is 32.1. The molecule has 1 saturated heterocycles. The van der Waals surface area contributed by atoms with Gasteiger partial charge >= 0.3 is 11.9 Å². The Morgan fingerprint density at radius 2 is 1.02 bits per heavy atom. The Morgan fingerprint density at radius 1 is 0.488 bits per heavy atom. The van der Waals surface area contributed by atoms with E-state index in [4.69, 9.17) is 23.9 Å². The summed E-state index contributed by atoms with van der Waals surface area (Å²) in [5.41, 5.74) is 7.22. The van der Waals surface area contributed by atoms with Crippen LogP contribution >= 0.6 is 34.0 Å². The molecule has 0 radical (unpaired) electrons. The number of carbonyl (C=O) groups is 10. The number of ketones is 8. The first-order chi connectivity index (χ1) is 55.4. The maximum atomic E-state index is 11.2. The Hall–Kier alpha value is -9.44. The fraction of sp³-hybridized carbons (Fsp3) is 0.562. The molecule has 10 heterocycles. The van der Waals surface area contributed by atoms with E-state index < -0.39 is 11.9 Å².